The van der Waals surface area contributed by atoms with Crippen molar-refractivity contribution in [2.24, 2.45) is 0 Å². The quantitative estimate of drug-likeness (QED) is 0.763. The predicted molar refractivity (Wildman–Crippen MR) is 56.0 cm³/mol. The molecule has 0 aromatic heterocycles. The van der Waals surface area contributed by atoms with Gasteiger partial charge in [0.25, 0.3) is 0 Å². The van der Waals surface area contributed by atoms with Crippen molar-refractivity contribution in [3.05, 3.63) is 29.8 Å². The molecule has 1 fully saturated rings. The lowest BCUT2D eigenvalue weighted by molar-refractivity contribution is 0.472. The summed E-state index contributed by atoms with van der Waals surface area (Å²) in [7, 11) is 0. The predicted octanol–water partition coefficient (Wildman–Crippen LogP) is 1.76. The van der Waals surface area contributed by atoms with Crippen LogP contribution in [0.15, 0.2) is 18.2 Å². The highest BCUT2D eigenvalue weighted by Crippen LogP contribution is 2.23. The van der Waals surface area contributed by atoms with Crippen LogP contribution in [0.25, 0.3) is 0 Å². The number of benzene rings is 1. The summed E-state index contributed by atoms with van der Waals surface area (Å²) in [5.41, 5.74) is 0.365. The average molecular weight is 212 g/mol. The fourth-order valence-corrected chi connectivity index (χ4v) is 1.91. The third kappa shape index (κ3) is 1.95. The molecule has 15 heavy (non-hydrogen) atoms. The maximum absolute atomic E-state index is 13.5. The first kappa shape index (κ1) is 10.4. The number of hydrogen-bond donors (Lipinski definition) is 1. The monoisotopic (exact) mass is 212 g/mol. The molecular formula is C11H14F2N2. The third-order valence-corrected chi connectivity index (χ3v) is 2.74. The van der Waals surface area contributed by atoms with Crippen LogP contribution in [-0.2, 0) is 0 Å². The van der Waals surface area contributed by atoms with Gasteiger partial charge in [0.15, 0.2) is 11.6 Å². The molecule has 0 amide bonds. The van der Waals surface area contributed by atoms with Crippen molar-refractivity contribution in [1.29, 1.82) is 0 Å². The van der Waals surface area contributed by atoms with Gasteiger partial charge in [-0.1, -0.05) is 6.07 Å². The smallest absolute Gasteiger partial charge is 0.182 e. The molecule has 1 heterocycles. The minimum Gasteiger partial charge on any atom is -0.364 e. The molecule has 1 aliphatic heterocycles. The number of rotatable bonds is 1. The molecular weight excluding hydrogens is 198 g/mol. The van der Waals surface area contributed by atoms with E-state index in [1.165, 1.54) is 0 Å². The van der Waals surface area contributed by atoms with Gasteiger partial charge < -0.3 is 10.2 Å². The Morgan fingerprint density at radius 3 is 2.93 bits per heavy atom. The van der Waals surface area contributed by atoms with E-state index >= 15 is 0 Å². The first-order valence-corrected chi connectivity index (χ1v) is 5.11. The molecule has 0 saturated carbocycles. The number of halogens is 2. The zero-order valence-electron chi connectivity index (χ0n) is 8.63. The molecule has 82 valence electrons. The molecule has 0 radical (unpaired) electrons. The Morgan fingerprint density at radius 1 is 1.40 bits per heavy atom. The van der Waals surface area contributed by atoms with Crippen LogP contribution in [0.5, 0.6) is 0 Å². The molecule has 4 heteroatoms. The van der Waals surface area contributed by atoms with E-state index in [0.29, 0.717) is 12.2 Å². The van der Waals surface area contributed by atoms with Crippen LogP contribution in [0.4, 0.5) is 14.5 Å². The average Bonchev–Trinajstić information content (AvgIpc) is 2.23. The largest absolute Gasteiger partial charge is 0.364 e. The lowest BCUT2D eigenvalue weighted by Crippen LogP contribution is -2.50. The molecule has 1 aromatic rings. The van der Waals surface area contributed by atoms with Crippen LogP contribution in [-0.4, -0.2) is 25.7 Å². The maximum Gasteiger partial charge on any atom is 0.182 e. The van der Waals surface area contributed by atoms with Gasteiger partial charge in [-0.15, -0.1) is 0 Å². The summed E-state index contributed by atoms with van der Waals surface area (Å²) in [4.78, 5) is 1.90. The molecule has 0 bridgehead atoms. The first-order chi connectivity index (χ1) is 7.20. The van der Waals surface area contributed by atoms with Crippen LogP contribution in [0.2, 0.25) is 0 Å². The second-order valence-electron chi connectivity index (χ2n) is 3.82. The molecule has 1 aliphatic rings. The van der Waals surface area contributed by atoms with E-state index in [9.17, 15) is 8.78 Å². The number of hydrogen-bond acceptors (Lipinski definition) is 2. The van der Waals surface area contributed by atoms with Gasteiger partial charge in [-0.2, -0.15) is 0 Å². The lowest BCUT2D eigenvalue weighted by Gasteiger charge is -2.36. The van der Waals surface area contributed by atoms with Crippen molar-refractivity contribution >= 4 is 5.69 Å². The number of anilines is 1. The van der Waals surface area contributed by atoms with Crippen LogP contribution >= 0.6 is 0 Å². The molecule has 1 unspecified atom stereocenters. The molecule has 0 aliphatic carbocycles. The lowest BCUT2D eigenvalue weighted by atomic mass is 10.1. The number of nitrogens with one attached hydrogen (secondary N) is 1. The van der Waals surface area contributed by atoms with E-state index < -0.39 is 11.6 Å². The summed E-state index contributed by atoms with van der Waals surface area (Å²) in [5.74, 6) is -1.52. The molecule has 2 nitrogen and oxygen atoms in total. The molecule has 0 spiro atoms. The fourth-order valence-electron chi connectivity index (χ4n) is 1.91. The SMILES string of the molecule is CC1CNCCN1c1cccc(F)c1F. The van der Waals surface area contributed by atoms with E-state index in [2.05, 4.69) is 5.32 Å². The van der Waals surface area contributed by atoms with Crippen LogP contribution < -0.4 is 10.2 Å². The van der Waals surface area contributed by atoms with E-state index in [0.717, 1.165) is 19.2 Å². The minimum atomic E-state index is -0.779. The maximum atomic E-state index is 13.5. The normalized spacial score (nSPS) is 21.8. The first-order valence-electron chi connectivity index (χ1n) is 5.11. The fraction of sp³-hybridized carbons (Fsp3) is 0.455. The van der Waals surface area contributed by atoms with Gasteiger partial charge in [0.2, 0.25) is 0 Å². The second kappa shape index (κ2) is 4.14. The van der Waals surface area contributed by atoms with Crippen LogP contribution in [0.1, 0.15) is 6.92 Å². The summed E-state index contributed by atoms with van der Waals surface area (Å²) in [5, 5.41) is 3.21. The van der Waals surface area contributed by atoms with Gasteiger partial charge in [-0.3, -0.25) is 0 Å². The van der Waals surface area contributed by atoms with Crippen LogP contribution in [0, 0.1) is 11.6 Å². The van der Waals surface area contributed by atoms with Crippen LogP contribution in [0.3, 0.4) is 0 Å². The van der Waals surface area contributed by atoms with E-state index in [4.69, 9.17) is 0 Å². The molecule has 2 rings (SSSR count). The topological polar surface area (TPSA) is 15.3 Å². The van der Waals surface area contributed by atoms with E-state index in [1.54, 1.807) is 12.1 Å². The van der Waals surface area contributed by atoms with Gasteiger partial charge in [-0.25, -0.2) is 8.78 Å². The van der Waals surface area contributed by atoms with Gasteiger partial charge >= 0.3 is 0 Å². The van der Waals surface area contributed by atoms with Crippen molar-refractivity contribution in [2.45, 2.75) is 13.0 Å². The Hall–Kier alpha value is -1.16. The minimum absolute atomic E-state index is 0.190. The molecule has 1 saturated heterocycles. The van der Waals surface area contributed by atoms with E-state index in [-0.39, 0.29) is 6.04 Å². The Labute approximate surface area is 87.9 Å². The van der Waals surface area contributed by atoms with E-state index in [1.807, 2.05) is 11.8 Å². The van der Waals surface area contributed by atoms with Gasteiger partial charge in [-0.05, 0) is 19.1 Å². The Kier molecular flexibility index (Phi) is 2.86. The standard InChI is InChI=1S/C11H14F2N2/c1-8-7-14-5-6-15(8)10-4-2-3-9(12)11(10)13/h2-4,8,14H,5-7H2,1H3. The summed E-state index contributed by atoms with van der Waals surface area (Å²) >= 11 is 0. The highest BCUT2D eigenvalue weighted by Gasteiger charge is 2.21. The van der Waals surface area contributed by atoms with Crippen molar-refractivity contribution < 1.29 is 8.78 Å². The number of nitrogens with zero attached hydrogens (tertiary/aromatic N) is 1. The Balaban J connectivity index is 2.31. The third-order valence-electron chi connectivity index (χ3n) is 2.74. The Morgan fingerprint density at radius 2 is 2.20 bits per heavy atom. The van der Waals surface area contributed by atoms with Gasteiger partial charge in [0.05, 0.1) is 5.69 Å². The molecule has 1 N–H and O–H groups in total. The summed E-state index contributed by atoms with van der Waals surface area (Å²) in [6, 6.07) is 4.50. The zero-order valence-corrected chi connectivity index (χ0v) is 8.63. The molecule has 1 atom stereocenters. The van der Waals surface area contributed by atoms with Crippen molar-refractivity contribution in [1.82, 2.24) is 5.32 Å². The second-order valence-corrected chi connectivity index (χ2v) is 3.82. The number of piperazine rings is 1. The van der Waals surface area contributed by atoms with Gasteiger partial charge in [0.1, 0.15) is 0 Å². The summed E-state index contributed by atoms with van der Waals surface area (Å²) in [6.45, 7) is 4.31. The zero-order chi connectivity index (χ0) is 10.8. The van der Waals surface area contributed by atoms with Crippen molar-refractivity contribution in [2.75, 3.05) is 24.5 Å². The van der Waals surface area contributed by atoms with Crippen molar-refractivity contribution in [3.8, 4) is 0 Å². The summed E-state index contributed by atoms with van der Waals surface area (Å²) < 4.78 is 26.6. The Bertz CT molecular complexity index is 354. The van der Waals surface area contributed by atoms with Crippen molar-refractivity contribution in [3.63, 3.8) is 0 Å². The highest BCUT2D eigenvalue weighted by molar-refractivity contribution is 5.49. The highest BCUT2D eigenvalue weighted by atomic mass is 19.2. The summed E-state index contributed by atoms with van der Waals surface area (Å²) in [6.07, 6.45) is 0. The van der Waals surface area contributed by atoms with Gasteiger partial charge in [0, 0.05) is 25.7 Å². The molecule has 1 aromatic carbocycles.